The van der Waals surface area contributed by atoms with Gasteiger partial charge < -0.3 is 14.8 Å². The van der Waals surface area contributed by atoms with Crippen LogP contribution in [0, 0.1) is 5.82 Å². The van der Waals surface area contributed by atoms with E-state index >= 15 is 0 Å². The summed E-state index contributed by atoms with van der Waals surface area (Å²) in [5.41, 5.74) is 0.624. The fraction of sp³-hybridized carbons (Fsp3) is 0.647. The molecule has 118 valence electrons. The van der Waals surface area contributed by atoms with E-state index in [1.165, 1.54) is 6.07 Å². The smallest absolute Gasteiger partial charge is 0.131 e. The normalized spacial score (nSPS) is 23.8. The Kier molecular flexibility index (Phi) is 6.00. The maximum atomic E-state index is 14.2. The highest BCUT2D eigenvalue weighted by Gasteiger charge is 2.25. The second-order valence-electron chi connectivity index (χ2n) is 5.70. The van der Waals surface area contributed by atoms with E-state index in [1.807, 2.05) is 19.9 Å². The highest BCUT2D eigenvalue weighted by atomic mass is 19.1. The predicted molar refractivity (Wildman–Crippen MR) is 82.2 cm³/mol. The molecule has 3 atom stereocenters. The van der Waals surface area contributed by atoms with Crippen LogP contribution < -0.4 is 10.1 Å². The van der Waals surface area contributed by atoms with Crippen LogP contribution in [-0.2, 0) is 4.74 Å². The molecule has 0 bridgehead atoms. The molecule has 21 heavy (non-hydrogen) atoms. The van der Waals surface area contributed by atoms with Crippen molar-refractivity contribution in [2.24, 2.45) is 0 Å². The maximum Gasteiger partial charge on any atom is 0.131 e. The van der Waals surface area contributed by atoms with Crippen molar-refractivity contribution in [3.05, 3.63) is 29.6 Å². The van der Waals surface area contributed by atoms with Crippen LogP contribution in [0.15, 0.2) is 18.2 Å². The molecular formula is C17H26FNO2. The Morgan fingerprint density at radius 3 is 2.81 bits per heavy atom. The number of hydrogen-bond donors (Lipinski definition) is 1. The molecule has 2 rings (SSSR count). The molecule has 3 unspecified atom stereocenters. The number of hydrogen-bond acceptors (Lipinski definition) is 3. The minimum Gasteiger partial charge on any atom is -0.490 e. The highest BCUT2D eigenvalue weighted by Crippen LogP contribution is 2.31. The summed E-state index contributed by atoms with van der Waals surface area (Å²) in [6.07, 6.45) is 4.43. The largest absolute Gasteiger partial charge is 0.490 e. The van der Waals surface area contributed by atoms with Gasteiger partial charge in [0.15, 0.2) is 0 Å². The van der Waals surface area contributed by atoms with Crippen LogP contribution in [0.25, 0.3) is 0 Å². The summed E-state index contributed by atoms with van der Waals surface area (Å²) in [6.45, 7) is 4.78. The number of benzene rings is 1. The van der Waals surface area contributed by atoms with Crippen LogP contribution in [0.4, 0.5) is 4.39 Å². The zero-order chi connectivity index (χ0) is 15.2. The predicted octanol–water partition coefficient (Wildman–Crippen LogP) is 3.83. The Hall–Kier alpha value is -1.13. The van der Waals surface area contributed by atoms with Crippen molar-refractivity contribution in [1.82, 2.24) is 5.32 Å². The third-order valence-electron chi connectivity index (χ3n) is 4.16. The van der Waals surface area contributed by atoms with E-state index < -0.39 is 0 Å². The molecule has 1 aliphatic rings. The lowest BCUT2D eigenvalue weighted by Gasteiger charge is -2.30. The number of methoxy groups -OCH3 is 1. The van der Waals surface area contributed by atoms with Gasteiger partial charge in [0.1, 0.15) is 17.7 Å². The van der Waals surface area contributed by atoms with Crippen molar-refractivity contribution in [2.75, 3.05) is 13.7 Å². The van der Waals surface area contributed by atoms with E-state index in [0.717, 1.165) is 32.2 Å². The van der Waals surface area contributed by atoms with Crippen LogP contribution in [0.1, 0.15) is 51.1 Å². The molecule has 1 aromatic carbocycles. The molecule has 0 aliphatic heterocycles. The SMILES string of the molecule is CCNC(C)c1c(F)cccc1OC1CCCC(OC)C1. The van der Waals surface area contributed by atoms with Crippen LogP contribution >= 0.6 is 0 Å². The van der Waals surface area contributed by atoms with Gasteiger partial charge in [-0.3, -0.25) is 0 Å². The Morgan fingerprint density at radius 1 is 1.33 bits per heavy atom. The molecule has 1 aromatic rings. The highest BCUT2D eigenvalue weighted by molar-refractivity contribution is 5.37. The summed E-state index contributed by atoms with van der Waals surface area (Å²) in [5, 5.41) is 3.26. The number of nitrogens with one attached hydrogen (secondary N) is 1. The van der Waals surface area contributed by atoms with Crippen LogP contribution in [0.2, 0.25) is 0 Å². The quantitative estimate of drug-likeness (QED) is 0.865. The van der Waals surface area contributed by atoms with Crippen molar-refractivity contribution >= 4 is 0 Å². The molecular weight excluding hydrogens is 269 g/mol. The average Bonchev–Trinajstić information content (AvgIpc) is 2.47. The van der Waals surface area contributed by atoms with E-state index in [0.29, 0.717) is 11.3 Å². The first-order chi connectivity index (χ1) is 10.2. The van der Waals surface area contributed by atoms with Gasteiger partial charge >= 0.3 is 0 Å². The van der Waals surface area contributed by atoms with Gasteiger partial charge in [0, 0.05) is 25.1 Å². The Labute approximate surface area is 126 Å². The molecule has 0 heterocycles. The second kappa shape index (κ2) is 7.76. The zero-order valence-electron chi connectivity index (χ0n) is 13.2. The van der Waals surface area contributed by atoms with E-state index in [4.69, 9.17) is 9.47 Å². The molecule has 0 aromatic heterocycles. The minimum absolute atomic E-state index is 0.0620. The van der Waals surface area contributed by atoms with Gasteiger partial charge in [-0.2, -0.15) is 0 Å². The van der Waals surface area contributed by atoms with Crippen molar-refractivity contribution < 1.29 is 13.9 Å². The molecule has 1 N–H and O–H groups in total. The Bertz CT molecular complexity index is 452. The summed E-state index contributed by atoms with van der Waals surface area (Å²) in [4.78, 5) is 0. The third-order valence-corrected chi connectivity index (χ3v) is 4.16. The molecule has 0 spiro atoms. The molecule has 0 saturated heterocycles. The van der Waals surface area contributed by atoms with Gasteiger partial charge in [-0.15, -0.1) is 0 Å². The van der Waals surface area contributed by atoms with Crippen molar-refractivity contribution in [2.45, 2.75) is 57.8 Å². The lowest BCUT2D eigenvalue weighted by Crippen LogP contribution is -2.30. The lowest BCUT2D eigenvalue weighted by molar-refractivity contribution is 0.0204. The molecule has 0 radical (unpaired) electrons. The summed E-state index contributed by atoms with van der Waals surface area (Å²) in [7, 11) is 1.74. The standard InChI is InChI=1S/C17H26FNO2/c1-4-19-12(2)17-15(18)9-6-10-16(17)21-14-8-5-7-13(11-14)20-3/h6,9-10,12-14,19H,4-5,7-8,11H2,1-3H3. The zero-order valence-corrected chi connectivity index (χ0v) is 13.2. The first kappa shape index (κ1) is 16.2. The monoisotopic (exact) mass is 295 g/mol. The average molecular weight is 295 g/mol. The summed E-state index contributed by atoms with van der Waals surface area (Å²) < 4.78 is 25.7. The van der Waals surface area contributed by atoms with Gasteiger partial charge in [-0.25, -0.2) is 4.39 Å². The van der Waals surface area contributed by atoms with E-state index in [9.17, 15) is 4.39 Å². The van der Waals surface area contributed by atoms with E-state index in [2.05, 4.69) is 5.32 Å². The van der Waals surface area contributed by atoms with Gasteiger partial charge in [0.05, 0.1) is 6.10 Å². The molecule has 0 amide bonds. The van der Waals surface area contributed by atoms with E-state index in [1.54, 1.807) is 13.2 Å². The molecule has 1 saturated carbocycles. The summed E-state index contributed by atoms with van der Waals surface area (Å²) in [5.74, 6) is 0.449. The van der Waals surface area contributed by atoms with Gasteiger partial charge in [-0.05, 0) is 44.9 Å². The van der Waals surface area contributed by atoms with Crippen LogP contribution in [-0.4, -0.2) is 25.9 Å². The first-order valence-electron chi connectivity index (χ1n) is 7.87. The molecule has 1 aliphatic carbocycles. The molecule has 4 heteroatoms. The van der Waals surface area contributed by atoms with Crippen LogP contribution in [0.3, 0.4) is 0 Å². The van der Waals surface area contributed by atoms with Crippen molar-refractivity contribution in [1.29, 1.82) is 0 Å². The van der Waals surface area contributed by atoms with Gasteiger partial charge in [0.25, 0.3) is 0 Å². The fourth-order valence-corrected chi connectivity index (χ4v) is 3.05. The summed E-state index contributed by atoms with van der Waals surface area (Å²) >= 11 is 0. The van der Waals surface area contributed by atoms with Crippen LogP contribution in [0.5, 0.6) is 5.75 Å². The van der Waals surface area contributed by atoms with Crippen molar-refractivity contribution in [3.63, 3.8) is 0 Å². The molecule has 1 fully saturated rings. The second-order valence-corrected chi connectivity index (χ2v) is 5.70. The fourth-order valence-electron chi connectivity index (χ4n) is 3.05. The first-order valence-corrected chi connectivity index (χ1v) is 7.87. The van der Waals surface area contributed by atoms with Crippen molar-refractivity contribution in [3.8, 4) is 5.75 Å². The lowest BCUT2D eigenvalue weighted by atomic mass is 9.94. The number of ether oxygens (including phenoxy) is 2. The Morgan fingerprint density at radius 2 is 2.10 bits per heavy atom. The Balaban J connectivity index is 2.13. The van der Waals surface area contributed by atoms with E-state index in [-0.39, 0.29) is 24.1 Å². The number of halogens is 1. The van der Waals surface area contributed by atoms with Gasteiger partial charge in [0.2, 0.25) is 0 Å². The third kappa shape index (κ3) is 4.17. The summed E-state index contributed by atoms with van der Waals surface area (Å²) in [6, 6.07) is 5.01. The topological polar surface area (TPSA) is 30.5 Å². The number of rotatable bonds is 6. The van der Waals surface area contributed by atoms with Gasteiger partial charge in [-0.1, -0.05) is 13.0 Å². The molecule has 3 nitrogen and oxygen atoms in total. The minimum atomic E-state index is -0.208. The maximum absolute atomic E-state index is 14.2.